The second-order valence-electron chi connectivity index (χ2n) is 9.08. The lowest BCUT2D eigenvalue weighted by Crippen LogP contribution is -2.58. The summed E-state index contributed by atoms with van der Waals surface area (Å²) in [5, 5.41) is 6.13. The van der Waals surface area contributed by atoms with Crippen molar-refractivity contribution in [3.8, 4) is 11.4 Å². The second-order valence-corrected chi connectivity index (χ2v) is 9.08. The van der Waals surface area contributed by atoms with Gasteiger partial charge in [-0.2, -0.15) is 5.10 Å². The smallest absolute Gasteiger partial charge is 0.296 e. The molecule has 2 unspecified atom stereocenters. The molecule has 1 aromatic heterocycles. The predicted octanol–water partition coefficient (Wildman–Crippen LogP) is 5.32. The zero-order valence-corrected chi connectivity index (χ0v) is 18.5. The summed E-state index contributed by atoms with van der Waals surface area (Å²) in [6, 6.07) is 15.0. The molecule has 2 heterocycles. The van der Waals surface area contributed by atoms with Crippen molar-refractivity contribution in [3.63, 3.8) is 0 Å². The number of alkyl halides is 2. The summed E-state index contributed by atoms with van der Waals surface area (Å²) in [6.07, 6.45) is 0.313. The summed E-state index contributed by atoms with van der Waals surface area (Å²) >= 11 is 0. The van der Waals surface area contributed by atoms with Crippen molar-refractivity contribution in [2.45, 2.75) is 37.8 Å². The number of halogens is 3. The van der Waals surface area contributed by atoms with Crippen molar-refractivity contribution in [1.82, 2.24) is 20.1 Å². The molecule has 5 rings (SSSR count). The van der Waals surface area contributed by atoms with Gasteiger partial charge in [-0.15, -0.1) is 0 Å². The Morgan fingerprint density at radius 2 is 1.85 bits per heavy atom. The van der Waals surface area contributed by atoms with E-state index in [0.717, 1.165) is 44.5 Å². The average molecular weight is 457 g/mol. The minimum Gasteiger partial charge on any atom is -0.373 e. The maximum absolute atomic E-state index is 14.8. The van der Waals surface area contributed by atoms with Crippen molar-refractivity contribution >= 4 is 0 Å². The maximum atomic E-state index is 14.8. The lowest BCUT2D eigenvalue weighted by molar-refractivity contribution is -0.170. The summed E-state index contributed by atoms with van der Waals surface area (Å²) in [6.45, 7) is 2.57. The van der Waals surface area contributed by atoms with Crippen LogP contribution in [0.5, 0.6) is 0 Å². The van der Waals surface area contributed by atoms with Gasteiger partial charge in [0.1, 0.15) is 11.4 Å². The number of hydrogen-bond donors (Lipinski definition) is 1. The lowest BCUT2D eigenvalue weighted by atomic mass is 9.62. The first-order valence-electron chi connectivity index (χ1n) is 11.3. The minimum atomic E-state index is -2.77. The summed E-state index contributed by atoms with van der Waals surface area (Å²) in [7, 11) is 1.70. The Morgan fingerprint density at radius 1 is 1.12 bits per heavy atom. The van der Waals surface area contributed by atoms with E-state index in [1.165, 1.54) is 17.7 Å². The highest BCUT2D eigenvalue weighted by Gasteiger charge is 2.53. The van der Waals surface area contributed by atoms with Crippen LogP contribution in [0.25, 0.3) is 11.4 Å². The number of piperidine rings is 1. The number of rotatable bonds is 6. The van der Waals surface area contributed by atoms with E-state index < -0.39 is 23.7 Å². The molecule has 1 saturated carbocycles. The fraction of sp³-hybridized carbons (Fsp3) is 0.440. The van der Waals surface area contributed by atoms with E-state index in [0.29, 0.717) is 5.56 Å². The Bertz CT molecular complexity index is 1090. The van der Waals surface area contributed by atoms with Crippen molar-refractivity contribution in [2.24, 2.45) is 11.8 Å². The maximum Gasteiger partial charge on any atom is 0.296 e. The summed E-state index contributed by atoms with van der Waals surface area (Å²) in [5.74, 6) is -0.534. The molecule has 0 spiro atoms. The van der Waals surface area contributed by atoms with Crippen molar-refractivity contribution in [2.75, 3.05) is 20.2 Å². The van der Waals surface area contributed by atoms with Crippen LogP contribution in [0.1, 0.15) is 42.6 Å². The molecular formula is C25H27F3N4O. The molecule has 0 amide bonds. The van der Waals surface area contributed by atoms with E-state index >= 15 is 0 Å². The number of nitrogens with zero attached hydrogens (tertiary/aromatic N) is 3. The SMILES string of the molecule is COC1(c2cc(F)cc(-c3n[nH]c(C(F)F)n3)c2)C2CCCC1CN(Cc1ccccc1)C2. The van der Waals surface area contributed by atoms with Gasteiger partial charge in [0.05, 0.1) is 0 Å². The Morgan fingerprint density at radius 3 is 2.48 bits per heavy atom. The van der Waals surface area contributed by atoms with Gasteiger partial charge in [0.25, 0.3) is 6.43 Å². The first kappa shape index (κ1) is 22.1. The molecule has 1 aliphatic carbocycles. The third-order valence-corrected chi connectivity index (χ3v) is 7.18. The number of nitrogens with one attached hydrogen (secondary N) is 1. The summed E-state index contributed by atoms with van der Waals surface area (Å²) < 4.78 is 47.0. The molecule has 33 heavy (non-hydrogen) atoms. The van der Waals surface area contributed by atoms with Crippen molar-refractivity contribution in [3.05, 3.63) is 71.3 Å². The van der Waals surface area contributed by atoms with Crippen molar-refractivity contribution in [1.29, 1.82) is 0 Å². The van der Waals surface area contributed by atoms with E-state index in [4.69, 9.17) is 4.74 Å². The first-order chi connectivity index (χ1) is 16.0. The number of ether oxygens (including phenoxy) is 1. The van der Waals surface area contributed by atoms with E-state index in [9.17, 15) is 13.2 Å². The normalized spacial score (nSPS) is 25.5. The fourth-order valence-electron chi connectivity index (χ4n) is 5.86. The lowest BCUT2D eigenvalue weighted by Gasteiger charge is -2.55. The number of hydrogen-bond acceptors (Lipinski definition) is 4. The molecule has 1 saturated heterocycles. The number of fused-ring (bicyclic) bond motifs is 2. The molecule has 2 atom stereocenters. The van der Waals surface area contributed by atoms with Crippen LogP contribution < -0.4 is 0 Å². The van der Waals surface area contributed by atoms with Gasteiger partial charge >= 0.3 is 0 Å². The third kappa shape index (κ3) is 4.06. The molecule has 2 fully saturated rings. The van der Waals surface area contributed by atoms with Crippen LogP contribution in [0, 0.1) is 17.7 Å². The molecule has 1 N–H and O–H groups in total. The number of aromatic nitrogens is 3. The van der Waals surface area contributed by atoms with Crippen molar-refractivity contribution < 1.29 is 17.9 Å². The first-order valence-corrected chi connectivity index (χ1v) is 11.3. The van der Waals surface area contributed by atoms with Gasteiger partial charge < -0.3 is 4.74 Å². The van der Waals surface area contributed by atoms with Crippen LogP contribution in [-0.4, -0.2) is 40.3 Å². The molecule has 5 nitrogen and oxygen atoms in total. The molecule has 2 aromatic carbocycles. The van der Waals surface area contributed by atoms with Crippen LogP contribution in [-0.2, 0) is 16.9 Å². The highest BCUT2D eigenvalue weighted by Crippen LogP contribution is 2.52. The largest absolute Gasteiger partial charge is 0.373 e. The Hall–Kier alpha value is -2.71. The molecular weight excluding hydrogens is 429 g/mol. The van der Waals surface area contributed by atoms with Crippen LogP contribution in [0.15, 0.2) is 48.5 Å². The minimum absolute atomic E-state index is 0.0592. The molecule has 8 heteroatoms. The molecule has 1 aliphatic heterocycles. The molecule has 0 radical (unpaired) electrons. The van der Waals surface area contributed by atoms with E-state index in [-0.39, 0.29) is 17.7 Å². The Balaban J connectivity index is 1.48. The predicted molar refractivity (Wildman–Crippen MR) is 118 cm³/mol. The van der Waals surface area contributed by atoms with Gasteiger partial charge in [-0.25, -0.2) is 18.2 Å². The van der Waals surface area contributed by atoms with Crippen LogP contribution in [0.3, 0.4) is 0 Å². The molecule has 2 aliphatic rings. The molecule has 174 valence electrons. The third-order valence-electron chi connectivity index (χ3n) is 7.18. The Kier molecular flexibility index (Phi) is 5.97. The molecule has 2 bridgehead atoms. The number of likely N-dealkylation sites (tertiary alicyclic amines) is 1. The van der Waals surface area contributed by atoms with Gasteiger partial charge in [-0.05, 0) is 42.2 Å². The average Bonchev–Trinajstić information content (AvgIpc) is 3.30. The van der Waals surface area contributed by atoms with Gasteiger partial charge in [-0.3, -0.25) is 10.00 Å². The quantitative estimate of drug-likeness (QED) is 0.545. The monoisotopic (exact) mass is 456 g/mol. The number of aromatic amines is 1. The standard InChI is InChI=1S/C25H27F3N4O/c1-33-25(20-10-17(11-21(26)12-20)23-29-24(22(27)28)31-30-23)18-8-5-9-19(25)15-32(14-18)13-16-6-3-2-4-7-16/h2-4,6-7,10-12,18-19,22H,5,8-9,13-15H2,1H3,(H,29,30,31). The number of H-pyrrole nitrogens is 1. The summed E-state index contributed by atoms with van der Waals surface area (Å²) in [4.78, 5) is 6.32. The Labute approximate surface area is 191 Å². The van der Waals surface area contributed by atoms with E-state index in [1.807, 2.05) is 12.1 Å². The zero-order chi connectivity index (χ0) is 23.0. The van der Waals surface area contributed by atoms with Crippen LogP contribution in [0.4, 0.5) is 13.2 Å². The fourth-order valence-corrected chi connectivity index (χ4v) is 5.86. The second kappa shape index (κ2) is 8.91. The van der Waals surface area contributed by atoms with E-state index in [1.54, 1.807) is 7.11 Å². The van der Waals surface area contributed by atoms with Gasteiger partial charge in [0.2, 0.25) is 0 Å². The highest BCUT2D eigenvalue weighted by molar-refractivity contribution is 5.57. The van der Waals surface area contributed by atoms with Gasteiger partial charge in [0, 0.05) is 44.1 Å². The van der Waals surface area contributed by atoms with E-state index in [2.05, 4.69) is 44.3 Å². The van der Waals surface area contributed by atoms with Crippen LogP contribution >= 0.6 is 0 Å². The summed E-state index contributed by atoms with van der Waals surface area (Å²) in [5.41, 5.74) is 1.74. The van der Waals surface area contributed by atoms with Crippen LogP contribution in [0.2, 0.25) is 0 Å². The number of benzene rings is 2. The molecule has 3 aromatic rings. The zero-order valence-electron chi connectivity index (χ0n) is 18.5. The van der Waals surface area contributed by atoms with Gasteiger partial charge in [0.15, 0.2) is 11.6 Å². The highest BCUT2D eigenvalue weighted by atomic mass is 19.3. The van der Waals surface area contributed by atoms with Gasteiger partial charge in [-0.1, -0.05) is 36.8 Å². The number of methoxy groups -OCH3 is 1. The topological polar surface area (TPSA) is 54.0 Å².